The summed E-state index contributed by atoms with van der Waals surface area (Å²) in [6.07, 6.45) is 5.17. The van der Waals surface area contributed by atoms with Gasteiger partial charge in [0.2, 0.25) is 11.9 Å². The Balaban J connectivity index is 1.18. The third-order valence-electron chi connectivity index (χ3n) is 7.96. The Hall–Kier alpha value is -3.75. The smallest absolute Gasteiger partial charge is 0.254 e. The number of benzene rings is 2. The Morgan fingerprint density at radius 2 is 1.53 bits per heavy atom. The van der Waals surface area contributed by atoms with Crippen LogP contribution in [0.5, 0.6) is 0 Å². The van der Waals surface area contributed by atoms with Gasteiger partial charge in [-0.3, -0.25) is 9.59 Å². The van der Waals surface area contributed by atoms with Crippen molar-refractivity contribution in [2.45, 2.75) is 44.2 Å². The summed E-state index contributed by atoms with van der Waals surface area (Å²) in [6.45, 7) is 2.45. The van der Waals surface area contributed by atoms with Gasteiger partial charge in [0.25, 0.3) is 5.91 Å². The number of hydrogen-bond acceptors (Lipinski definition) is 6. The molecular formula is C27H31N7O2. The average molecular weight is 486 g/mol. The maximum Gasteiger partial charge on any atom is 0.254 e. The lowest BCUT2D eigenvalue weighted by Crippen LogP contribution is -2.55. The quantitative estimate of drug-likeness (QED) is 0.565. The number of carbonyl (C=O) groups is 2. The fourth-order valence-electron chi connectivity index (χ4n) is 6.16. The summed E-state index contributed by atoms with van der Waals surface area (Å²) < 4.78 is 1.74. The van der Waals surface area contributed by atoms with Gasteiger partial charge in [-0.25, -0.2) is 0 Å². The molecule has 0 radical (unpaired) electrons. The minimum atomic E-state index is -0.382. The van der Waals surface area contributed by atoms with E-state index < -0.39 is 0 Å². The van der Waals surface area contributed by atoms with Gasteiger partial charge in [0.1, 0.15) is 6.04 Å². The van der Waals surface area contributed by atoms with Crippen LogP contribution in [0.15, 0.2) is 60.7 Å². The Bertz CT molecular complexity index is 1210. The minimum Gasteiger partial charge on any atom is -0.337 e. The van der Waals surface area contributed by atoms with Gasteiger partial charge in [0, 0.05) is 37.8 Å². The number of aromatic nitrogens is 4. The standard InChI is InChI=1S/C27H31N7O2/c35-25(20-9-3-1-4-10-20)33-23-14-8-7-11-21(23)19-24(33)26(36)31-15-17-32(18-16-31)27-28-29-30-34(27)22-12-5-2-6-13-22/h1-6,9-10,12-13,21,23-24H,7-8,11,14-19H2. The summed E-state index contributed by atoms with van der Waals surface area (Å²) in [4.78, 5) is 33.4. The van der Waals surface area contributed by atoms with Crippen LogP contribution in [0.4, 0.5) is 5.95 Å². The molecule has 36 heavy (non-hydrogen) atoms. The molecule has 2 saturated heterocycles. The molecule has 6 rings (SSSR count). The Morgan fingerprint density at radius 1 is 0.833 bits per heavy atom. The lowest BCUT2D eigenvalue weighted by atomic mass is 9.84. The van der Waals surface area contributed by atoms with E-state index in [0.29, 0.717) is 43.6 Å². The second-order valence-corrected chi connectivity index (χ2v) is 9.98. The fourth-order valence-corrected chi connectivity index (χ4v) is 6.16. The van der Waals surface area contributed by atoms with E-state index in [1.165, 1.54) is 6.42 Å². The van der Waals surface area contributed by atoms with Gasteiger partial charge in [-0.1, -0.05) is 54.3 Å². The van der Waals surface area contributed by atoms with Crippen molar-refractivity contribution in [3.8, 4) is 5.69 Å². The zero-order chi connectivity index (χ0) is 24.5. The van der Waals surface area contributed by atoms with Crippen molar-refractivity contribution in [3.05, 3.63) is 66.2 Å². The van der Waals surface area contributed by atoms with Crippen LogP contribution in [-0.4, -0.2) is 80.1 Å². The van der Waals surface area contributed by atoms with E-state index in [9.17, 15) is 9.59 Å². The first kappa shape index (κ1) is 22.7. The minimum absolute atomic E-state index is 0.0102. The molecule has 9 heteroatoms. The maximum atomic E-state index is 13.8. The Kier molecular flexibility index (Phi) is 6.13. The van der Waals surface area contributed by atoms with E-state index in [-0.39, 0.29) is 23.9 Å². The predicted molar refractivity (Wildman–Crippen MR) is 135 cm³/mol. The van der Waals surface area contributed by atoms with E-state index in [0.717, 1.165) is 31.4 Å². The van der Waals surface area contributed by atoms with Crippen LogP contribution in [-0.2, 0) is 4.79 Å². The summed E-state index contributed by atoms with van der Waals surface area (Å²) in [5.74, 6) is 1.17. The second-order valence-electron chi connectivity index (χ2n) is 9.98. The van der Waals surface area contributed by atoms with Crippen molar-refractivity contribution in [3.63, 3.8) is 0 Å². The molecule has 186 valence electrons. The number of rotatable bonds is 4. The van der Waals surface area contributed by atoms with Crippen LogP contribution in [0, 0.1) is 5.92 Å². The fraction of sp³-hybridized carbons (Fsp3) is 0.444. The molecule has 3 aromatic rings. The highest BCUT2D eigenvalue weighted by Gasteiger charge is 2.48. The summed E-state index contributed by atoms with van der Waals surface area (Å²) >= 11 is 0. The number of amides is 2. The van der Waals surface area contributed by atoms with Gasteiger partial charge in [-0.15, -0.1) is 0 Å². The molecule has 3 fully saturated rings. The average Bonchev–Trinajstić information content (AvgIpc) is 3.59. The summed E-state index contributed by atoms with van der Waals surface area (Å²) in [6, 6.07) is 19.0. The molecule has 9 nitrogen and oxygen atoms in total. The molecule has 0 bridgehead atoms. The number of tetrazole rings is 1. The van der Waals surface area contributed by atoms with Crippen LogP contribution in [0.2, 0.25) is 0 Å². The molecule has 1 saturated carbocycles. The highest BCUT2D eigenvalue weighted by molar-refractivity contribution is 5.98. The maximum absolute atomic E-state index is 13.8. The zero-order valence-corrected chi connectivity index (χ0v) is 20.3. The van der Waals surface area contributed by atoms with Gasteiger partial charge < -0.3 is 14.7 Å². The molecule has 3 atom stereocenters. The Morgan fingerprint density at radius 3 is 2.28 bits per heavy atom. The highest BCUT2D eigenvalue weighted by Crippen LogP contribution is 2.41. The largest absolute Gasteiger partial charge is 0.337 e. The molecule has 1 aromatic heterocycles. The van der Waals surface area contributed by atoms with Crippen molar-refractivity contribution in [1.29, 1.82) is 0 Å². The third-order valence-corrected chi connectivity index (χ3v) is 7.96. The number of fused-ring (bicyclic) bond motifs is 1. The van der Waals surface area contributed by atoms with E-state index in [4.69, 9.17) is 0 Å². The molecule has 2 amide bonds. The van der Waals surface area contributed by atoms with Crippen molar-refractivity contribution in [2.75, 3.05) is 31.1 Å². The van der Waals surface area contributed by atoms with Gasteiger partial charge in [0.15, 0.2) is 0 Å². The van der Waals surface area contributed by atoms with Crippen LogP contribution >= 0.6 is 0 Å². The number of carbonyl (C=O) groups excluding carboxylic acids is 2. The van der Waals surface area contributed by atoms with Gasteiger partial charge >= 0.3 is 0 Å². The number of anilines is 1. The van der Waals surface area contributed by atoms with Crippen molar-refractivity contribution in [1.82, 2.24) is 30.0 Å². The molecule has 1 aliphatic carbocycles. The van der Waals surface area contributed by atoms with Gasteiger partial charge in [-0.05, 0) is 59.9 Å². The normalized spacial score (nSPS) is 24.0. The number of para-hydroxylation sites is 1. The Labute approximate surface area is 210 Å². The molecule has 3 unspecified atom stereocenters. The molecule has 3 heterocycles. The SMILES string of the molecule is O=C(C1CC2CCCCC2N1C(=O)c1ccccc1)N1CCN(c2nnnn2-c2ccccc2)CC1. The second kappa shape index (κ2) is 9.72. The van der Waals surface area contributed by atoms with Crippen LogP contribution in [0.25, 0.3) is 5.69 Å². The molecule has 2 aliphatic heterocycles. The summed E-state index contributed by atoms with van der Waals surface area (Å²) in [7, 11) is 0. The number of piperazine rings is 1. The molecule has 0 N–H and O–H groups in total. The third kappa shape index (κ3) is 4.12. The number of likely N-dealkylation sites (tertiary alicyclic amines) is 1. The van der Waals surface area contributed by atoms with Crippen molar-refractivity contribution >= 4 is 17.8 Å². The summed E-state index contributed by atoms with van der Waals surface area (Å²) in [5.41, 5.74) is 1.57. The zero-order valence-electron chi connectivity index (χ0n) is 20.3. The topological polar surface area (TPSA) is 87.5 Å². The number of nitrogens with zero attached hydrogens (tertiary/aromatic N) is 7. The highest BCUT2D eigenvalue weighted by atomic mass is 16.2. The predicted octanol–water partition coefficient (Wildman–Crippen LogP) is 2.78. The molecule has 3 aliphatic rings. The summed E-state index contributed by atoms with van der Waals surface area (Å²) in [5, 5.41) is 12.3. The number of hydrogen-bond donors (Lipinski definition) is 0. The lowest BCUT2D eigenvalue weighted by Gasteiger charge is -2.38. The first-order valence-corrected chi connectivity index (χ1v) is 13.0. The van der Waals surface area contributed by atoms with Crippen molar-refractivity contribution in [2.24, 2.45) is 5.92 Å². The van der Waals surface area contributed by atoms with E-state index in [1.807, 2.05) is 70.5 Å². The van der Waals surface area contributed by atoms with Gasteiger partial charge in [0.05, 0.1) is 5.69 Å². The first-order chi connectivity index (χ1) is 17.7. The lowest BCUT2D eigenvalue weighted by molar-refractivity contribution is -0.136. The van der Waals surface area contributed by atoms with E-state index >= 15 is 0 Å². The van der Waals surface area contributed by atoms with Crippen LogP contribution < -0.4 is 4.90 Å². The molecule has 2 aromatic carbocycles. The van der Waals surface area contributed by atoms with E-state index in [1.54, 1.807) is 4.68 Å². The van der Waals surface area contributed by atoms with Gasteiger partial charge in [-0.2, -0.15) is 4.68 Å². The van der Waals surface area contributed by atoms with Crippen LogP contribution in [0.1, 0.15) is 42.5 Å². The van der Waals surface area contributed by atoms with Crippen molar-refractivity contribution < 1.29 is 9.59 Å². The molecule has 0 spiro atoms. The first-order valence-electron chi connectivity index (χ1n) is 13.0. The monoisotopic (exact) mass is 485 g/mol. The van der Waals surface area contributed by atoms with Crippen LogP contribution in [0.3, 0.4) is 0 Å². The molecular weight excluding hydrogens is 454 g/mol. The van der Waals surface area contributed by atoms with E-state index in [2.05, 4.69) is 20.4 Å².